The first-order chi connectivity index (χ1) is 9.58. The lowest BCUT2D eigenvalue weighted by Gasteiger charge is -2.29. The Balaban J connectivity index is 1.92. The molecule has 0 spiro atoms. The fourth-order valence-electron chi connectivity index (χ4n) is 2.78. The maximum atomic E-state index is 10.8. The van der Waals surface area contributed by atoms with Crippen molar-refractivity contribution in [1.82, 2.24) is 5.32 Å². The molecule has 110 valence electrons. The minimum Gasteiger partial charge on any atom is -0.393 e. The molecule has 1 aromatic rings. The van der Waals surface area contributed by atoms with Crippen LogP contribution in [-0.4, -0.2) is 22.7 Å². The lowest BCUT2D eigenvalue weighted by molar-refractivity contribution is -0.384. The third kappa shape index (κ3) is 3.77. The van der Waals surface area contributed by atoms with Crippen LogP contribution in [0.3, 0.4) is 0 Å². The first-order valence-electron chi connectivity index (χ1n) is 7.23. The molecule has 1 aromatic carbocycles. The van der Waals surface area contributed by atoms with Gasteiger partial charge in [0.1, 0.15) is 0 Å². The average molecular weight is 278 g/mol. The molecule has 0 bridgehead atoms. The van der Waals surface area contributed by atoms with Crippen LogP contribution in [0, 0.1) is 16.0 Å². The summed E-state index contributed by atoms with van der Waals surface area (Å²) < 4.78 is 0. The monoisotopic (exact) mass is 278 g/mol. The molecule has 0 radical (unpaired) electrons. The highest BCUT2D eigenvalue weighted by Gasteiger charge is 2.23. The number of hydrogen-bond acceptors (Lipinski definition) is 4. The summed E-state index contributed by atoms with van der Waals surface area (Å²) in [5, 5.41) is 24.1. The number of nitro groups is 1. The summed E-state index contributed by atoms with van der Waals surface area (Å²) in [5.41, 5.74) is 1.03. The second-order valence-corrected chi connectivity index (χ2v) is 5.59. The smallest absolute Gasteiger partial charge is 0.269 e. The highest BCUT2D eigenvalue weighted by Crippen LogP contribution is 2.25. The second-order valence-electron chi connectivity index (χ2n) is 5.59. The molecule has 1 aliphatic rings. The van der Waals surface area contributed by atoms with Gasteiger partial charge in [0.05, 0.1) is 11.0 Å². The van der Waals surface area contributed by atoms with Crippen LogP contribution >= 0.6 is 0 Å². The number of benzene rings is 1. The standard InChI is InChI=1S/C15H22N2O3/c1-11(12-6-4-7-14(9-12)17(19)20)16-10-13-5-2-3-8-15(13)18/h4,6-7,9,11,13,15-16,18H,2-3,5,8,10H2,1H3. The Hall–Kier alpha value is -1.46. The summed E-state index contributed by atoms with van der Waals surface area (Å²) in [6.45, 7) is 2.75. The molecule has 20 heavy (non-hydrogen) atoms. The molecule has 2 rings (SSSR count). The van der Waals surface area contributed by atoms with Crippen LogP contribution < -0.4 is 5.32 Å². The van der Waals surface area contributed by atoms with Gasteiger partial charge < -0.3 is 10.4 Å². The molecule has 5 nitrogen and oxygen atoms in total. The van der Waals surface area contributed by atoms with Gasteiger partial charge in [0.25, 0.3) is 5.69 Å². The maximum absolute atomic E-state index is 10.8. The predicted molar refractivity (Wildman–Crippen MR) is 77.5 cm³/mol. The van der Waals surface area contributed by atoms with E-state index in [4.69, 9.17) is 0 Å². The van der Waals surface area contributed by atoms with E-state index in [0.29, 0.717) is 5.92 Å². The third-order valence-corrected chi connectivity index (χ3v) is 4.14. The van der Waals surface area contributed by atoms with E-state index in [-0.39, 0.29) is 22.8 Å². The number of non-ortho nitro benzene ring substituents is 1. The third-order valence-electron chi connectivity index (χ3n) is 4.14. The first-order valence-corrected chi connectivity index (χ1v) is 7.23. The Kier molecular flexibility index (Phi) is 5.09. The molecule has 0 aromatic heterocycles. The Morgan fingerprint density at radius 2 is 2.20 bits per heavy atom. The number of rotatable bonds is 5. The van der Waals surface area contributed by atoms with E-state index in [0.717, 1.165) is 31.4 Å². The molecule has 3 atom stereocenters. The summed E-state index contributed by atoms with van der Waals surface area (Å²) >= 11 is 0. The molecule has 1 fully saturated rings. The Bertz CT molecular complexity index is 464. The first kappa shape index (κ1) is 14.9. The van der Waals surface area contributed by atoms with Crippen molar-refractivity contribution >= 4 is 5.69 Å². The molecular weight excluding hydrogens is 256 g/mol. The zero-order chi connectivity index (χ0) is 14.5. The van der Waals surface area contributed by atoms with Crippen molar-refractivity contribution in [2.24, 2.45) is 5.92 Å². The topological polar surface area (TPSA) is 75.4 Å². The van der Waals surface area contributed by atoms with Crippen molar-refractivity contribution in [3.8, 4) is 0 Å². The van der Waals surface area contributed by atoms with E-state index in [2.05, 4.69) is 5.32 Å². The molecular formula is C15H22N2O3. The molecule has 0 aliphatic heterocycles. The van der Waals surface area contributed by atoms with Crippen molar-refractivity contribution in [1.29, 1.82) is 0 Å². The molecule has 0 amide bonds. The van der Waals surface area contributed by atoms with Crippen LogP contribution in [0.5, 0.6) is 0 Å². The normalized spacial score (nSPS) is 24.3. The fraction of sp³-hybridized carbons (Fsp3) is 0.600. The van der Waals surface area contributed by atoms with Crippen molar-refractivity contribution in [2.45, 2.75) is 44.8 Å². The molecule has 3 unspecified atom stereocenters. The van der Waals surface area contributed by atoms with Crippen molar-refractivity contribution in [3.05, 3.63) is 39.9 Å². The van der Waals surface area contributed by atoms with Crippen molar-refractivity contribution in [3.63, 3.8) is 0 Å². The van der Waals surface area contributed by atoms with E-state index in [1.807, 2.05) is 13.0 Å². The van der Waals surface area contributed by atoms with Gasteiger partial charge in [-0.3, -0.25) is 10.1 Å². The van der Waals surface area contributed by atoms with E-state index >= 15 is 0 Å². The number of aliphatic hydroxyl groups is 1. The van der Waals surface area contributed by atoms with Gasteiger partial charge in [-0.1, -0.05) is 25.0 Å². The zero-order valence-corrected chi connectivity index (χ0v) is 11.8. The number of aliphatic hydroxyl groups excluding tert-OH is 1. The molecule has 1 saturated carbocycles. The van der Waals surface area contributed by atoms with Gasteiger partial charge in [0.15, 0.2) is 0 Å². The summed E-state index contributed by atoms with van der Waals surface area (Å²) in [4.78, 5) is 10.4. The van der Waals surface area contributed by atoms with Gasteiger partial charge in [0.2, 0.25) is 0 Å². The van der Waals surface area contributed by atoms with Crippen LogP contribution in [0.4, 0.5) is 5.69 Å². The molecule has 0 saturated heterocycles. The fourth-order valence-corrected chi connectivity index (χ4v) is 2.78. The maximum Gasteiger partial charge on any atom is 0.269 e. The molecule has 1 aliphatic carbocycles. The van der Waals surface area contributed by atoms with Gasteiger partial charge in [-0.15, -0.1) is 0 Å². The summed E-state index contributed by atoms with van der Waals surface area (Å²) in [5.74, 6) is 0.296. The van der Waals surface area contributed by atoms with Gasteiger partial charge >= 0.3 is 0 Å². The minimum atomic E-state index is -0.374. The highest BCUT2D eigenvalue weighted by molar-refractivity contribution is 5.35. The molecule has 2 N–H and O–H groups in total. The van der Waals surface area contributed by atoms with E-state index < -0.39 is 0 Å². The lowest BCUT2D eigenvalue weighted by Crippen LogP contribution is -2.34. The molecule has 0 heterocycles. The van der Waals surface area contributed by atoms with Gasteiger partial charge in [0, 0.05) is 24.7 Å². The van der Waals surface area contributed by atoms with Crippen LogP contribution in [0.1, 0.15) is 44.2 Å². The largest absolute Gasteiger partial charge is 0.393 e. The van der Waals surface area contributed by atoms with Crippen LogP contribution in [0.25, 0.3) is 0 Å². The minimum absolute atomic E-state index is 0.0454. The van der Waals surface area contributed by atoms with Crippen molar-refractivity contribution < 1.29 is 10.0 Å². The van der Waals surface area contributed by atoms with Gasteiger partial charge in [-0.05, 0) is 31.2 Å². The molecule has 5 heteroatoms. The predicted octanol–water partition coefficient (Wildman–Crippen LogP) is 2.80. The van der Waals surface area contributed by atoms with Crippen LogP contribution in [0.2, 0.25) is 0 Å². The number of nitro benzene ring substituents is 1. The van der Waals surface area contributed by atoms with Crippen LogP contribution in [0.15, 0.2) is 24.3 Å². The SMILES string of the molecule is CC(NCC1CCCCC1O)c1cccc([N+](=O)[O-])c1. The summed E-state index contributed by atoms with van der Waals surface area (Å²) in [6, 6.07) is 6.75. The highest BCUT2D eigenvalue weighted by atomic mass is 16.6. The Labute approximate surface area is 119 Å². The van der Waals surface area contributed by atoms with Crippen molar-refractivity contribution in [2.75, 3.05) is 6.54 Å². The number of hydrogen-bond donors (Lipinski definition) is 2. The quantitative estimate of drug-likeness (QED) is 0.641. The van der Waals surface area contributed by atoms with E-state index in [1.165, 1.54) is 12.5 Å². The zero-order valence-electron chi connectivity index (χ0n) is 11.8. The van der Waals surface area contributed by atoms with E-state index in [1.54, 1.807) is 12.1 Å². The lowest BCUT2D eigenvalue weighted by atomic mass is 9.86. The number of nitrogens with one attached hydrogen (secondary N) is 1. The second kappa shape index (κ2) is 6.81. The van der Waals surface area contributed by atoms with Crippen LogP contribution in [-0.2, 0) is 0 Å². The summed E-state index contributed by atoms with van der Waals surface area (Å²) in [7, 11) is 0. The van der Waals surface area contributed by atoms with Gasteiger partial charge in [-0.2, -0.15) is 0 Å². The Morgan fingerprint density at radius 1 is 1.45 bits per heavy atom. The van der Waals surface area contributed by atoms with E-state index in [9.17, 15) is 15.2 Å². The summed E-state index contributed by atoms with van der Waals surface area (Å²) in [6.07, 6.45) is 4.01. The Morgan fingerprint density at radius 3 is 2.90 bits per heavy atom. The van der Waals surface area contributed by atoms with Gasteiger partial charge in [-0.25, -0.2) is 0 Å². The average Bonchev–Trinajstić information content (AvgIpc) is 2.46. The number of nitrogens with zero attached hydrogens (tertiary/aromatic N) is 1.